The van der Waals surface area contributed by atoms with Gasteiger partial charge in [-0.1, -0.05) is 53.5 Å². The Balaban J connectivity index is 1.49. The van der Waals surface area contributed by atoms with Gasteiger partial charge in [0, 0.05) is 24.7 Å². The lowest BCUT2D eigenvalue weighted by molar-refractivity contribution is -0.0300. The van der Waals surface area contributed by atoms with Crippen molar-refractivity contribution < 1.29 is 13.2 Å². The molecule has 2 aromatic carbocycles. The van der Waals surface area contributed by atoms with Gasteiger partial charge in [-0.3, -0.25) is 4.90 Å². The van der Waals surface area contributed by atoms with Gasteiger partial charge in [0.15, 0.2) is 0 Å². The second-order valence-corrected chi connectivity index (χ2v) is 8.98. The van der Waals surface area contributed by atoms with E-state index in [4.69, 9.17) is 27.9 Å². The largest absolute Gasteiger partial charge is 0.371 e. The summed E-state index contributed by atoms with van der Waals surface area (Å²) >= 11 is 11.9. The van der Waals surface area contributed by atoms with Gasteiger partial charge in [-0.2, -0.15) is 0 Å². The predicted molar refractivity (Wildman–Crippen MR) is 108 cm³/mol. The minimum Gasteiger partial charge on any atom is -0.371 e. The zero-order chi connectivity index (χ0) is 19.3. The summed E-state index contributed by atoms with van der Waals surface area (Å²) in [6, 6.07) is 14.5. The monoisotopic (exact) mass is 428 g/mol. The molecule has 5 nitrogen and oxygen atoms in total. The van der Waals surface area contributed by atoms with Gasteiger partial charge < -0.3 is 4.74 Å². The van der Waals surface area contributed by atoms with E-state index in [1.165, 1.54) is 17.7 Å². The van der Waals surface area contributed by atoms with Gasteiger partial charge in [0.25, 0.3) is 0 Å². The molecule has 0 bridgehead atoms. The van der Waals surface area contributed by atoms with Crippen molar-refractivity contribution in [3.8, 4) is 0 Å². The third-order valence-corrected chi connectivity index (χ3v) is 6.63. The average molecular weight is 429 g/mol. The number of nitrogens with one attached hydrogen (secondary N) is 1. The Kier molecular flexibility index (Phi) is 7.14. The summed E-state index contributed by atoms with van der Waals surface area (Å²) in [6.07, 6.45) is 0.751. The van der Waals surface area contributed by atoms with E-state index in [1.807, 2.05) is 18.2 Å². The van der Waals surface area contributed by atoms with Crippen LogP contribution in [0.1, 0.15) is 18.1 Å². The number of morpholine rings is 1. The number of sulfonamides is 1. The average Bonchev–Trinajstić information content (AvgIpc) is 2.68. The molecule has 1 atom stereocenters. The summed E-state index contributed by atoms with van der Waals surface area (Å²) < 4.78 is 33.3. The molecule has 2 aromatic rings. The first-order chi connectivity index (χ1) is 13.0. The molecule has 0 aliphatic carbocycles. The molecule has 0 unspecified atom stereocenters. The molecule has 1 saturated heterocycles. The lowest BCUT2D eigenvalue weighted by Crippen LogP contribution is -2.39. The minimum absolute atomic E-state index is 0.00665. The molecular formula is C19H22Cl2N2O3S. The number of hydrogen-bond donors (Lipinski definition) is 1. The lowest BCUT2D eigenvalue weighted by atomic mass is 10.1. The van der Waals surface area contributed by atoms with E-state index in [-0.39, 0.29) is 16.0 Å². The first-order valence-corrected chi connectivity index (χ1v) is 11.0. The quantitative estimate of drug-likeness (QED) is 0.682. The van der Waals surface area contributed by atoms with Crippen LogP contribution >= 0.6 is 23.2 Å². The maximum absolute atomic E-state index is 12.4. The highest BCUT2D eigenvalue weighted by atomic mass is 35.5. The Morgan fingerprint density at radius 2 is 1.93 bits per heavy atom. The van der Waals surface area contributed by atoms with Crippen LogP contribution in [0.25, 0.3) is 0 Å². The van der Waals surface area contributed by atoms with Crippen LogP contribution in [0.4, 0.5) is 0 Å². The standard InChI is InChI=1S/C19H22Cl2N2O3S/c20-16-7-8-17(21)19(13-16)27(24,25)22-9-4-10-23-11-12-26-18(14-23)15-5-2-1-3-6-15/h1-3,5-8,13,18,22H,4,9-12,14H2/t18-/m0/s1. The smallest absolute Gasteiger partial charge is 0.242 e. The maximum atomic E-state index is 12.4. The van der Waals surface area contributed by atoms with Crippen molar-refractivity contribution in [1.82, 2.24) is 9.62 Å². The van der Waals surface area contributed by atoms with Gasteiger partial charge in [0.1, 0.15) is 4.90 Å². The second kappa shape index (κ2) is 9.37. The van der Waals surface area contributed by atoms with Crippen LogP contribution in [0.3, 0.4) is 0 Å². The predicted octanol–water partition coefficient (Wildman–Crippen LogP) is 3.74. The third kappa shape index (κ3) is 5.67. The van der Waals surface area contributed by atoms with Crippen LogP contribution in [0.2, 0.25) is 10.0 Å². The Bertz CT molecular complexity index is 863. The number of rotatable bonds is 7. The molecule has 1 aliphatic heterocycles. The molecule has 0 radical (unpaired) electrons. The van der Waals surface area contributed by atoms with E-state index in [0.717, 1.165) is 19.6 Å². The van der Waals surface area contributed by atoms with Gasteiger partial charge in [0.05, 0.1) is 17.7 Å². The van der Waals surface area contributed by atoms with Crippen molar-refractivity contribution in [2.75, 3.05) is 32.8 Å². The molecule has 1 N–H and O–H groups in total. The summed E-state index contributed by atoms with van der Waals surface area (Å²) in [5.41, 5.74) is 1.17. The van der Waals surface area contributed by atoms with Gasteiger partial charge in [-0.25, -0.2) is 13.1 Å². The Morgan fingerprint density at radius 1 is 1.15 bits per heavy atom. The highest BCUT2D eigenvalue weighted by Gasteiger charge is 2.22. The summed E-state index contributed by atoms with van der Waals surface area (Å²) in [5, 5.41) is 0.492. The number of ether oxygens (including phenoxy) is 1. The van der Waals surface area contributed by atoms with E-state index in [9.17, 15) is 8.42 Å². The number of nitrogens with zero attached hydrogens (tertiary/aromatic N) is 1. The van der Waals surface area contributed by atoms with Gasteiger partial charge in [-0.15, -0.1) is 0 Å². The van der Waals surface area contributed by atoms with Crippen LogP contribution in [0.5, 0.6) is 0 Å². The summed E-state index contributed by atoms with van der Waals surface area (Å²) in [7, 11) is -3.68. The SMILES string of the molecule is O=S(=O)(NCCCN1CCO[C@H](c2ccccc2)C1)c1cc(Cl)ccc1Cl. The van der Waals surface area contributed by atoms with Crippen LogP contribution < -0.4 is 4.72 Å². The molecule has 1 heterocycles. The number of hydrogen-bond acceptors (Lipinski definition) is 4. The molecule has 27 heavy (non-hydrogen) atoms. The molecule has 146 valence electrons. The molecule has 1 fully saturated rings. The molecule has 0 saturated carbocycles. The lowest BCUT2D eigenvalue weighted by Gasteiger charge is -2.33. The molecule has 1 aliphatic rings. The highest BCUT2D eigenvalue weighted by molar-refractivity contribution is 7.89. The first kappa shape index (κ1) is 20.6. The zero-order valence-corrected chi connectivity index (χ0v) is 17.1. The summed E-state index contributed by atoms with van der Waals surface area (Å²) in [4.78, 5) is 2.30. The van der Waals surface area contributed by atoms with Crippen molar-refractivity contribution in [3.63, 3.8) is 0 Å². The van der Waals surface area contributed by atoms with Gasteiger partial charge in [0.2, 0.25) is 10.0 Å². The van der Waals surface area contributed by atoms with E-state index >= 15 is 0 Å². The fourth-order valence-corrected chi connectivity index (χ4v) is 4.88. The van der Waals surface area contributed by atoms with Crippen molar-refractivity contribution in [1.29, 1.82) is 0 Å². The van der Waals surface area contributed by atoms with E-state index < -0.39 is 10.0 Å². The summed E-state index contributed by atoms with van der Waals surface area (Å²) in [6.45, 7) is 3.44. The number of halogens is 2. The highest BCUT2D eigenvalue weighted by Crippen LogP contribution is 2.25. The first-order valence-electron chi connectivity index (χ1n) is 8.79. The van der Waals surface area contributed by atoms with Crippen molar-refractivity contribution in [2.45, 2.75) is 17.4 Å². The third-order valence-electron chi connectivity index (χ3n) is 4.45. The fraction of sp³-hybridized carbons (Fsp3) is 0.368. The molecule has 0 amide bonds. The normalized spacial score (nSPS) is 18.5. The Morgan fingerprint density at radius 3 is 2.70 bits per heavy atom. The van der Waals surface area contributed by atoms with Crippen molar-refractivity contribution in [2.24, 2.45) is 0 Å². The van der Waals surface area contributed by atoms with Crippen LogP contribution in [0.15, 0.2) is 53.4 Å². The number of benzene rings is 2. The van der Waals surface area contributed by atoms with Gasteiger partial charge in [-0.05, 0) is 36.7 Å². The van der Waals surface area contributed by atoms with Gasteiger partial charge >= 0.3 is 0 Å². The van der Waals surface area contributed by atoms with Crippen molar-refractivity contribution >= 4 is 33.2 Å². The maximum Gasteiger partial charge on any atom is 0.242 e. The van der Waals surface area contributed by atoms with Crippen LogP contribution in [-0.2, 0) is 14.8 Å². The molecule has 0 aromatic heterocycles. The van der Waals surface area contributed by atoms with E-state index in [1.54, 1.807) is 6.07 Å². The van der Waals surface area contributed by atoms with Crippen molar-refractivity contribution in [3.05, 3.63) is 64.1 Å². The summed E-state index contributed by atoms with van der Waals surface area (Å²) in [5.74, 6) is 0. The molecular weight excluding hydrogens is 407 g/mol. The van der Waals surface area contributed by atoms with E-state index in [0.29, 0.717) is 24.6 Å². The zero-order valence-electron chi connectivity index (χ0n) is 14.8. The Hall–Kier alpha value is -1.15. The fourth-order valence-electron chi connectivity index (χ4n) is 3.05. The topological polar surface area (TPSA) is 58.6 Å². The van der Waals surface area contributed by atoms with Crippen LogP contribution in [-0.4, -0.2) is 46.1 Å². The van der Waals surface area contributed by atoms with E-state index in [2.05, 4.69) is 21.8 Å². The molecule has 0 spiro atoms. The molecule has 3 rings (SSSR count). The second-order valence-electron chi connectivity index (χ2n) is 6.40. The van der Waals surface area contributed by atoms with Crippen LogP contribution in [0, 0.1) is 0 Å². The Labute approximate surface area is 170 Å². The molecule has 8 heteroatoms. The minimum atomic E-state index is -3.68.